The second-order valence-corrected chi connectivity index (χ2v) is 5.05. The molecule has 0 aliphatic rings. The number of H-pyrrole nitrogens is 1. The van der Waals surface area contributed by atoms with E-state index < -0.39 is 9.84 Å². The van der Waals surface area contributed by atoms with Gasteiger partial charge in [0.2, 0.25) is 0 Å². The van der Waals surface area contributed by atoms with E-state index in [4.69, 9.17) is 0 Å². The molecule has 0 saturated carbocycles. The number of nitrogens with zero attached hydrogens (tertiary/aromatic N) is 2. The maximum absolute atomic E-state index is 11.6. The summed E-state index contributed by atoms with van der Waals surface area (Å²) in [4.78, 5) is 3.86. The van der Waals surface area contributed by atoms with Gasteiger partial charge in [0.15, 0.2) is 14.9 Å². The van der Waals surface area contributed by atoms with Crippen molar-refractivity contribution in [2.24, 2.45) is 0 Å². The summed E-state index contributed by atoms with van der Waals surface area (Å²) in [6.07, 6.45) is 3.05. The normalized spacial score (nSPS) is 12.1. The van der Waals surface area contributed by atoms with Crippen LogP contribution in [0, 0.1) is 0 Å². The molecule has 0 aromatic carbocycles. The highest BCUT2D eigenvalue weighted by atomic mass is 32.2. The van der Waals surface area contributed by atoms with Crippen molar-refractivity contribution in [2.75, 3.05) is 5.75 Å². The molecular formula is C8H9N3O2S. The topological polar surface area (TPSA) is 75.7 Å². The van der Waals surface area contributed by atoms with Gasteiger partial charge in [-0.2, -0.15) is 5.10 Å². The Bertz CT molecular complexity index is 559. The van der Waals surface area contributed by atoms with Gasteiger partial charge in [-0.25, -0.2) is 13.4 Å². The molecule has 0 aliphatic heterocycles. The summed E-state index contributed by atoms with van der Waals surface area (Å²) in [5.41, 5.74) is 0.481. The highest BCUT2D eigenvalue weighted by Gasteiger charge is 2.17. The van der Waals surface area contributed by atoms with Crippen molar-refractivity contribution in [2.45, 2.75) is 11.9 Å². The van der Waals surface area contributed by atoms with Crippen molar-refractivity contribution in [1.82, 2.24) is 15.2 Å². The molecule has 0 amide bonds. The molecule has 1 N–H and O–H groups in total. The van der Waals surface area contributed by atoms with Gasteiger partial charge < -0.3 is 0 Å². The lowest BCUT2D eigenvalue weighted by Crippen LogP contribution is -2.06. The van der Waals surface area contributed by atoms with Crippen LogP contribution < -0.4 is 0 Å². The van der Waals surface area contributed by atoms with Crippen molar-refractivity contribution < 1.29 is 8.42 Å². The highest BCUT2D eigenvalue weighted by molar-refractivity contribution is 7.91. The molecule has 0 bridgehead atoms. The van der Waals surface area contributed by atoms with Crippen LogP contribution in [0.2, 0.25) is 0 Å². The van der Waals surface area contributed by atoms with E-state index in [2.05, 4.69) is 15.2 Å². The predicted molar refractivity (Wildman–Crippen MR) is 51.6 cm³/mol. The van der Waals surface area contributed by atoms with E-state index in [0.29, 0.717) is 5.52 Å². The van der Waals surface area contributed by atoms with E-state index in [0.717, 1.165) is 5.39 Å². The van der Waals surface area contributed by atoms with Crippen molar-refractivity contribution >= 4 is 20.7 Å². The Morgan fingerprint density at radius 1 is 1.50 bits per heavy atom. The summed E-state index contributed by atoms with van der Waals surface area (Å²) < 4.78 is 23.2. The Morgan fingerprint density at radius 3 is 3.00 bits per heavy atom. The standard InChI is InChI=1S/C8H9N3O2S/c1-2-14(12,13)8-7-6(3-4-9-8)5-10-11-7/h3-5H,2H2,1H3,(H,10,11). The number of rotatable bonds is 2. The van der Waals surface area contributed by atoms with Crippen LogP contribution in [-0.4, -0.2) is 29.4 Å². The third-order valence-electron chi connectivity index (χ3n) is 2.00. The van der Waals surface area contributed by atoms with E-state index in [9.17, 15) is 8.42 Å². The molecule has 6 heteroatoms. The second kappa shape index (κ2) is 3.06. The van der Waals surface area contributed by atoms with Crippen molar-refractivity contribution in [3.63, 3.8) is 0 Å². The summed E-state index contributed by atoms with van der Waals surface area (Å²) in [5, 5.41) is 7.25. The summed E-state index contributed by atoms with van der Waals surface area (Å²) in [6, 6.07) is 1.72. The summed E-state index contributed by atoms with van der Waals surface area (Å²) in [6.45, 7) is 1.59. The smallest absolute Gasteiger partial charge is 0.197 e. The number of pyridine rings is 1. The summed E-state index contributed by atoms with van der Waals surface area (Å²) >= 11 is 0. The number of fused-ring (bicyclic) bond motifs is 1. The number of hydrogen-bond acceptors (Lipinski definition) is 4. The van der Waals surface area contributed by atoms with E-state index >= 15 is 0 Å². The molecule has 74 valence electrons. The van der Waals surface area contributed by atoms with Crippen molar-refractivity contribution in [1.29, 1.82) is 0 Å². The first kappa shape index (κ1) is 9.14. The molecule has 0 aliphatic carbocycles. The zero-order chi connectivity index (χ0) is 10.2. The molecule has 2 rings (SSSR count). The van der Waals surface area contributed by atoms with Crippen LogP contribution >= 0.6 is 0 Å². The maximum Gasteiger partial charge on any atom is 0.197 e. The molecule has 0 fully saturated rings. The van der Waals surface area contributed by atoms with Gasteiger partial charge in [-0.05, 0) is 6.07 Å². The Morgan fingerprint density at radius 2 is 2.29 bits per heavy atom. The summed E-state index contributed by atoms with van der Waals surface area (Å²) in [7, 11) is -3.28. The van der Waals surface area contributed by atoms with E-state index in [1.54, 1.807) is 19.2 Å². The van der Waals surface area contributed by atoms with Gasteiger partial charge in [-0.3, -0.25) is 5.10 Å². The van der Waals surface area contributed by atoms with E-state index in [1.807, 2.05) is 0 Å². The lowest BCUT2D eigenvalue weighted by molar-refractivity contribution is 0.594. The molecule has 0 radical (unpaired) electrons. The van der Waals surface area contributed by atoms with Crippen LogP contribution in [0.3, 0.4) is 0 Å². The maximum atomic E-state index is 11.6. The van der Waals surface area contributed by atoms with Gasteiger partial charge in [0.25, 0.3) is 0 Å². The third kappa shape index (κ3) is 1.27. The predicted octanol–water partition coefficient (Wildman–Crippen LogP) is 0.752. The fraction of sp³-hybridized carbons (Fsp3) is 0.250. The molecule has 2 heterocycles. The van der Waals surface area contributed by atoms with Crippen LogP contribution in [-0.2, 0) is 9.84 Å². The fourth-order valence-electron chi connectivity index (χ4n) is 1.22. The Kier molecular flexibility index (Phi) is 1.99. The van der Waals surface area contributed by atoms with Crippen LogP contribution in [0.1, 0.15) is 6.92 Å². The number of sulfone groups is 1. The minimum absolute atomic E-state index is 0.0398. The van der Waals surface area contributed by atoms with Crippen LogP contribution in [0.4, 0.5) is 0 Å². The lowest BCUT2D eigenvalue weighted by Gasteiger charge is -2.00. The third-order valence-corrected chi connectivity index (χ3v) is 3.66. The molecular weight excluding hydrogens is 202 g/mol. The first-order chi connectivity index (χ1) is 6.65. The van der Waals surface area contributed by atoms with Gasteiger partial charge >= 0.3 is 0 Å². The number of aromatic nitrogens is 3. The molecule has 0 saturated heterocycles. The van der Waals surface area contributed by atoms with Gasteiger partial charge in [0.05, 0.1) is 11.9 Å². The lowest BCUT2D eigenvalue weighted by atomic mass is 10.3. The Labute approximate surface area is 81.1 Å². The largest absolute Gasteiger partial charge is 0.275 e. The number of nitrogens with one attached hydrogen (secondary N) is 1. The van der Waals surface area contributed by atoms with Crippen LogP contribution in [0.25, 0.3) is 10.9 Å². The van der Waals surface area contributed by atoms with E-state index in [1.165, 1.54) is 6.20 Å². The van der Waals surface area contributed by atoms with Crippen LogP contribution in [0.5, 0.6) is 0 Å². The molecule has 0 atom stereocenters. The first-order valence-corrected chi connectivity index (χ1v) is 5.81. The monoisotopic (exact) mass is 211 g/mol. The fourth-order valence-corrected chi connectivity index (χ4v) is 2.18. The quantitative estimate of drug-likeness (QED) is 0.795. The molecule has 2 aromatic heterocycles. The minimum atomic E-state index is -3.28. The highest BCUT2D eigenvalue weighted by Crippen LogP contribution is 2.18. The number of aromatic amines is 1. The zero-order valence-electron chi connectivity index (χ0n) is 7.56. The van der Waals surface area contributed by atoms with Gasteiger partial charge in [0.1, 0.15) is 5.52 Å². The molecule has 2 aromatic rings. The molecule has 5 nitrogen and oxygen atoms in total. The molecule has 14 heavy (non-hydrogen) atoms. The summed E-state index contributed by atoms with van der Waals surface area (Å²) in [5.74, 6) is 0.0398. The average molecular weight is 211 g/mol. The second-order valence-electron chi connectivity index (χ2n) is 2.85. The molecule has 0 unspecified atom stereocenters. The van der Waals surface area contributed by atoms with Gasteiger partial charge in [-0.15, -0.1) is 0 Å². The average Bonchev–Trinajstić information content (AvgIpc) is 2.64. The van der Waals surface area contributed by atoms with Gasteiger partial charge in [0, 0.05) is 11.6 Å². The Balaban J connectivity index is 2.81. The zero-order valence-corrected chi connectivity index (χ0v) is 8.37. The van der Waals surface area contributed by atoms with E-state index in [-0.39, 0.29) is 10.8 Å². The first-order valence-electron chi connectivity index (χ1n) is 4.16. The van der Waals surface area contributed by atoms with Crippen molar-refractivity contribution in [3.8, 4) is 0 Å². The molecule has 0 spiro atoms. The minimum Gasteiger partial charge on any atom is -0.275 e. The number of hydrogen-bond donors (Lipinski definition) is 1. The van der Waals surface area contributed by atoms with Crippen LogP contribution in [0.15, 0.2) is 23.5 Å². The van der Waals surface area contributed by atoms with Crippen molar-refractivity contribution in [3.05, 3.63) is 18.5 Å². The SMILES string of the molecule is CCS(=O)(=O)c1nccc2cn[nH]c12. The van der Waals surface area contributed by atoms with Gasteiger partial charge in [-0.1, -0.05) is 6.92 Å². The Hall–Kier alpha value is -1.43.